The maximum atomic E-state index is 6.50. The summed E-state index contributed by atoms with van der Waals surface area (Å²) in [6, 6.07) is 97.8. The minimum Gasteiger partial charge on any atom is -0.456 e. The Kier molecular flexibility index (Phi) is 10.1. The second-order valence-electron chi connectivity index (χ2n) is 19.4. The molecule has 0 saturated heterocycles. The normalized spacial score (nSPS) is 11.9. The van der Waals surface area contributed by atoms with E-state index in [0.717, 1.165) is 82.7 Å². The monoisotopic (exact) mass is 987 g/mol. The van der Waals surface area contributed by atoms with Gasteiger partial charge in [0.1, 0.15) is 11.2 Å². The van der Waals surface area contributed by atoms with Gasteiger partial charge in [0.25, 0.3) is 0 Å². The molecule has 0 N–H and O–H groups in total. The van der Waals surface area contributed by atoms with Gasteiger partial charge in [-0.3, -0.25) is 4.57 Å². The van der Waals surface area contributed by atoms with Gasteiger partial charge in [0.2, 0.25) is 5.95 Å². The van der Waals surface area contributed by atoms with E-state index in [2.05, 4.69) is 270 Å². The molecule has 356 valence electrons. The molecule has 0 amide bonds. The summed E-state index contributed by atoms with van der Waals surface area (Å²) in [5.41, 5.74) is 10.8. The van der Waals surface area contributed by atoms with Crippen LogP contribution < -0.4 is 20.7 Å². The number of fused-ring (bicyclic) bond motifs is 9. The third kappa shape index (κ3) is 6.69. The van der Waals surface area contributed by atoms with Crippen LogP contribution in [0.4, 0.5) is 0 Å². The first-order valence-corrected chi connectivity index (χ1v) is 27.8. The topological polar surface area (TPSA) is 61.7 Å². The van der Waals surface area contributed by atoms with Gasteiger partial charge in [-0.25, -0.2) is 4.98 Å². The van der Waals surface area contributed by atoms with Crippen LogP contribution in [0.15, 0.2) is 277 Å². The molecule has 0 spiro atoms. The summed E-state index contributed by atoms with van der Waals surface area (Å²) in [6.45, 7) is 0. The maximum Gasteiger partial charge on any atom is 0.238 e. The zero-order valence-corrected chi connectivity index (χ0v) is 42.1. The molecule has 0 aliphatic heterocycles. The minimum absolute atomic E-state index is 0.517. The molecule has 15 rings (SSSR count). The highest BCUT2D eigenvalue weighted by Gasteiger charge is 2.41. The fraction of sp³-hybridized carbons (Fsp3) is 0. The quantitative estimate of drug-likeness (QED) is 0.107. The minimum atomic E-state index is -2.95. The number of hydrogen-bond acceptors (Lipinski definition) is 4. The fourth-order valence-electron chi connectivity index (χ4n) is 12.2. The SMILES string of the molecule is c1ccc([Si](c2ccccc2)(c2ccccc2)c2cccc(-c3nc(-c4ccccc4-n4c5ccccc5c5ccccc54)nc(-n4c5ccccc5c5cccc(-c6cccc7oc8ccccc8c67)c54)n3)c2)cc1. The maximum absolute atomic E-state index is 6.50. The van der Waals surface area contributed by atoms with E-state index in [-0.39, 0.29) is 0 Å². The highest BCUT2D eigenvalue weighted by atomic mass is 28.3. The van der Waals surface area contributed by atoms with Crippen molar-refractivity contribution < 1.29 is 4.42 Å². The van der Waals surface area contributed by atoms with Crippen molar-refractivity contribution in [3.63, 3.8) is 0 Å². The average molecular weight is 988 g/mol. The summed E-state index contributed by atoms with van der Waals surface area (Å²) in [6.07, 6.45) is 0. The molecule has 0 fully saturated rings. The van der Waals surface area contributed by atoms with Crippen LogP contribution in [0, 0.1) is 0 Å². The largest absolute Gasteiger partial charge is 0.456 e. The Bertz CT molecular complexity index is 4560. The van der Waals surface area contributed by atoms with Crippen molar-refractivity contribution in [1.29, 1.82) is 0 Å². The first-order chi connectivity index (χ1) is 37.7. The van der Waals surface area contributed by atoms with Gasteiger partial charge in [0, 0.05) is 49.0 Å². The number of rotatable bonds is 9. The Labute approximate surface area is 439 Å². The number of furan rings is 1. The predicted molar refractivity (Wildman–Crippen MR) is 316 cm³/mol. The number of benzene rings is 11. The fourth-order valence-corrected chi connectivity index (χ4v) is 16.9. The average Bonchev–Trinajstić information content (AvgIpc) is 4.18. The van der Waals surface area contributed by atoms with Gasteiger partial charge in [-0.2, -0.15) is 9.97 Å². The number of hydrogen-bond donors (Lipinski definition) is 0. The molecule has 0 aliphatic rings. The second-order valence-corrected chi connectivity index (χ2v) is 23.2. The lowest BCUT2D eigenvalue weighted by molar-refractivity contribution is 0.669. The van der Waals surface area contributed by atoms with Crippen LogP contribution in [0.2, 0.25) is 0 Å². The highest BCUT2D eigenvalue weighted by molar-refractivity contribution is 7.19. The third-order valence-electron chi connectivity index (χ3n) is 15.4. The van der Waals surface area contributed by atoms with Crippen molar-refractivity contribution in [1.82, 2.24) is 24.1 Å². The van der Waals surface area contributed by atoms with E-state index < -0.39 is 8.07 Å². The molecule has 11 aromatic carbocycles. The molecule has 15 aromatic rings. The molecule has 6 nitrogen and oxygen atoms in total. The van der Waals surface area contributed by atoms with Crippen LogP contribution in [0.3, 0.4) is 0 Å². The molecule has 0 aliphatic carbocycles. The van der Waals surface area contributed by atoms with Crippen molar-refractivity contribution in [2.45, 2.75) is 0 Å². The van der Waals surface area contributed by atoms with Crippen LogP contribution in [0.25, 0.3) is 111 Å². The van der Waals surface area contributed by atoms with Gasteiger partial charge in [0.05, 0.1) is 27.8 Å². The van der Waals surface area contributed by atoms with E-state index in [1.807, 2.05) is 12.1 Å². The molecule has 76 heavy (non-hydrogen) atoms. The van der Waals surface area contributed by atoms with Crippen LogP contribution in [0.1, 0.15) is 0 Å². The van der Waals surface area contributed by atoms with Gasteiger partial charge >= 0.3 is 0 Å². The lowest BCUT2D eigenvalue weighted by Gasteiger charge is -2.34. The second kappa shape index (κ2) is 17.6. The van der Waals surface area contributed by atoms with Gasteiger partial charge in [-0.05, 0) is 68.8 Å². The smallest absolute Gasteiger partial charge is 0.238 e. The summed E-state index contributed by atoms with van der Waals surface area (Å²) < 4.78 is 11.1. The lowest BCUT2D eigenvalue weighted by Crippen LogP contribution is -2.74. The Hall–Kier alpha value is -9.95. The number of para-hydroxylation sites is 6. The molecule has 0 bridgehead atoms. The van der Waals surface area contributed by atoms with E-state index in [4.69, 9.17) is 19.4 Å². The zero-order chi connectivity index (χ0) is 50.2. The third-order valence-corrected chi connectivity index (χ3v) is 20.1. The van der Waals surface area contributed by atoms with Crippen molar-refractivity contribution in [2.24, 2.45) is 0 Å². The molecular formula is C69H45N5OSi. The summed E-state index contributed by atoms with van der Waals surface area (Å²) in [4.78, 5) is 17.0. The first kappa shape index (κ1) is 43.6. The molecule has 7 heteroatoms. The zero-order valence-electron chi connectivity index (χ0n) is 41.1. The van der Waals surface area contributed by atoms with Crippen molar-refractivity contribution in [3.8, 4) is 45.5 Å². The molecule has 0 saturated carbocycles. The molecule has 4 heterocycles. The van der Waals surface area contributed by atoms with E-state index in [9.17, 15) is 0 Å². The Balaban J connectivity index is 1.04. The summed E-state index contributed by atoms with van der Waals surface area (Å²) in [7, 11) is -2.95. The van der Waals surface area contributed by atoms with Crippen LogP contribution >= 0.6 is 0 Å². The van der Waals surface area contributed by atoms with Gasteiger partial charge in [0.15, 0.2) is 19.7 Å². The Morgan fingerprint density at radius 3 is 1.45 bits per heavy atom. The first-order valence-electron chi connectivity index (χ1n) is 25.8. The summed E-state index contributed by atoms with van der Waals surface area (Å²) >= 11 is 0. The molecule has 0 atom stereocenters. The van der Waals surface area contributed by atoms with E-state index in [1.165, 1.54) is 31.5 Å². The van der Waals surface area contributed by atoms with Gasteiger partial charge < -0.3 is 8.98 Å². The number of aromatic nitrogens is 5. The van der Waals surface area contributed by atoms with E-state index in [0.29, 0.717) is 17.6 Å². The summed E-state index contributed by atoms with van der Waals surface area (Å²) in [5.74, 6) is 1.65. The van der Waals surface area contributed by atoms with E-state index >= 15 is 0 Å². The molecule has 0 radical (unpaired) electrons. The molecule has 0 unspecified atom stereocenters. The Morgan fingerprint density at radius 2 is 0.776 bits per heavy atom. The van der Waals surface area contributed by atoms with Crippen molar-refractivity contribution in [2.75, 3.05) is 0 Å². The van der Waals surface area contributed by atoms with Crippen molar-refractivity contribution >= 4 is 94.4 Å². The highest BCUT2D eigenvalue weighted by Crippen LogP contribution is 2.43. The van der Waals surface area contributed by atoms with Crippen LogP contribution in [-0.4, -0.2) is 32.2 Å². The summed E-state index contributed by atoms with van der Waals surface area (Å²) in [5, 5.41) is 11.8. The van der Waals surface area contributed by atoms with Crippen molar-refractivity contribution in [3.05, 3.63) is 273 Å². The Morgan fingerprint density at radius 1 is 0.316 bits per heavy atom. The number of nitrogens with zero attached hydrogens (tertiary/aromatic N) is 5. The lowest BCUT2D eigenvalue weighted by atomic mass is 9.97. The standard InChI is InChI=1S/C69H45N5OSi/c1-4-24-47(25-5-1)76(48-26-6-2-7-27-48,49-28-8-3-9-29-49)50-30-20-23-46(45-50)67-70-68(57-34-13-18-42-62(57)73-59-39-15-10-31-51(59)52-32-11-16-40-60(52)73)72-69(71-67)74-61-41-17-12-33-53(61)55-37-21-38-56(66(55)74)54-36-22-44-64-65(54)58-35-14-19-43-63(58)75-64/h1-45H. The van der Waals surface area contributed by atoms with Crippen LogP contribution in [0.5, 0.6) is 0 Å². The predicted octanol–water partition coefficient (Wildman–Crippen LogP) is 14.3. The van der Waals surface area contributed by atoms with Gasteiger partial charge in [-0.15, -0.1) is 0 Å². The molecule has 4 aromatic heterocycles. The van der Waals surface area contributed by atoms with Crippen LogP contribution in [-0.2, 0) is 0 Å². The van der Waals surface area contributed by atoms with Gasteiger partial charge in [-0.1, -0.05) is 231 Å². The van der Waals surface area contributed by atoms with E-state index in [1.54, 1.807) is 0 Å². The molecular weight excluding hydrogens is 943 g/mol.